The van der Waals surface area contributed by atoms with Gasteiger partial charge < -0.3 is 24.9 Å². The molecule has 5 rings (SSSR count). The van der Waals surface area contributed by atoms with Gasteiger partial charge in [0, 0.05) is 41.5 Å². The van der Waals surface area contributed by atoms with E-state index >= 15 is 0 Å². The van der Waals surface area contributed by atoms with Crippen LogP contribution in [0, 0.1) is 0 Å². The molecule has 5 aromatic rings. The van der Waals surface area contributed by atoms with Crippen molar-refractivity contribution in [2.75, 3.05) is 17.7 Å². The van der Waals surface area contributed by atoms with Crippen LogP contribution in [0.5, 0.6) is 5.75 Å². The van der Waals surface area contributed by atoms with Gasteiger partial charge >= 0.3 is 6.03 Å². The number of aromatic nitrogens is 3. The molecule has 0 spiro atoms. The monoisotopic (exact) mass is 491 g/mol. The van der Waals surface area contributed by atoms with Gasteiger partial charge in [-0.1, -0.05) is 6.07 Å². The van der Waals surface area contributed by atoms with E-state index in [0.717, 1.165) is 9.86 Å². The standard InChI is InChI=1S/C24H20BrN5O2/c1-32-22-6-5-16(13-19(22)25)28-24(31)29-20-3-2-4-21-18(20)9-12-30(21)14-15-7-10-26-23-17(15)8-11-27-23/h2-13H,14H2,1H3,(H,26,27)(H2,28,29,31)/i14D2. The minimum atomic E-state index is -1.85. The summed E-state index contributed by atoms with van der Waals surface area (Å²) in [6.45, 7) is -1.85. The zero-order valence-corrected chi connectivity index (χ0v) is 18.6. The van der Waals surface area contributed by atoms with Gasteiger partial charge in [-0.15, -0.1) is 0 Å². The van der Waals surface area contributed by atoms with E-state index in [-0.39, 0.29) is 0 Å². The number of carbonyl (C=O) groups excluding carboxylic acids is 1. The quantitative estimate of drug-likeness (QED) is 0.282. The third-order valence-corrected chi connectivity index (χ3v) is 5.71. The van der Waals surface area contributed by atoms with E-state index in [1.807, 2.05) is 12.1 Å². The van der Waals surface area contributed by atoms with Gasteiger partial charge in [-0.2, -0.15) is 0 Å². The van der Waals surface area contributed by atoms with Crippen LogP contribution in [0.3, 0.4) is 0 Å². The molecule has 0 aliphatic heterocycles. The number of hydrogen-bond acceptors (Lipinski definition) is 3. The molecule has 3 aromatic heterocycles. The lowest BCUT2D eigenvalue weighted by Gasteiger charge is -2.11. The lowest BCUT2D eigenvalue weighted by molar-refractivity contribution is 0.262. The Hall–Kier alpha value is -3.78. The molecule has 2 amide bonds. The van der Waals surface area contributed by atoms with Crippen LogP contribution < -0.4 is 15.4 Å². The summed E-state index contributed by atoms with van der Waals surface area (Å²) in [6.07, 6.45) is 5.02. The Bertz CT molecular complexity index is 1530. The number of methoxy groups -OCH3 is 1. The molecule has 3 heterocycles. The topological polar surface area (TPSA) is 84.0 Å². The van der Waals surface area contributed by atoms with Gasteiger partial charge in [0.1, 0.15) is 11.4 Å². The van der Waals surface area contributed by atoms with Crippen LogP contribution in [0.2, 0.25) is 0 Å². The van der Waals surface area contributed by atoms with Crippen molar-refractivity contribution in [1.82, 2.24) is 14.5 Å². The lowest BCUT2D eigenvalue weighted by atomic mass is 10.2. The number of urea groups is 1. The first-order valence-corrected chi connectivity index (χ1v) is 10.6. The van der Waals surface area contributed by atoms with Crippen molar-refractivity contribution in [3.63, 3.8) is 0 Å². The maximum Gasteiger partial charge on any atom is 0.323 e. The van der Waals surface area contributed by atoms with Gasteiger partial charge in [0.15, 0.2) is 0 Å². The maximum atomic E-state index is 12.7. The second-order valence-electron chi connectivity index (χ2n) is 7.06. The summed E-state index contributed by atoms with van der Waals surface area (Å²) in [5.74, 6) is 0.664. The molecule has 0 atom stereocenters. The number of pyridine rings is 1. The highest BCUT2D eigenvalue weighted by molar-refractivity contribution is 9.10. The number of amides is 2. The summed E-state index contributed by atoms with van der Waals surface area (Å²) in [4.78, 5) is 20.0. The summed E-state index contributed by atoms with van der Waals surface area (Å²) in [6, 6.07) is 15.5. The summed E-state index contributed by atoms with van der Waals surface area (Å²) >= 11 is 3.41. The highest BCUT2D eigenvalue weighted by Gasteiger charge is 2.11. The molecule has 0 bridgehead atoms. The lowest BCUT2D eigenvalue weighted by Crippen LogP contribution is -2.19. The van der Waals surface area contributed by atoms with E-state index in [1.54, 1.807) is 72.7 Å². The van der Waals surface area contributed by atoms with Crippen LogP contribution in [-0.2, 0) is 6.50 Å². The maximum absolute atomic E-state index is 12.7. The molecule has 0 aliphatic carbocycles. The van der Waals surface area contributed by atoms with Crippen molar-refractivity contribution in [1.29, 1.82) is 0 Å². The fraction of sp³-hybridized carbons (Fsp3) is 0.0833. The minimum Gasteiger partial charge on any atom is -0.496 e. The van der Waals surface area contributed by atoms with Crippen LogP contribution in [-0.4, -0.2) is 27.7 Å². The molecular weight excluding hydrogens is 470 g/mol. The number of anilines is 2. The van der Waals surface area contributed by atoms with Crippen molar-refractivity contribution in [2.24, 2.45) is 0 Å². The van der Waals surface area contributed by atoms with Crippen molar-refractivity contribution in [3.05, 3.63) is 83.2 Å². The highest BCUT2D eigenvalue weighted by atomic mass is 79.9. The van der Waals surface area contributed by atoms with Gasteiger partial charge in [-0.3, -0.25) is 0 Å². The number of rotatable bonds is 5. The number of fused-ring (bicyclic) bond motifs is 2. The zero-order chi connectivity index (χ0) is 23.9. The number of halogens is 1. The second kappa shape index (κ2) is 8.39. The summed E-state index contributed by atoms with van der Waals surface area (Å²) in [5, 5.41) is 7.10. The first-order chi connectivity index (χ1) is 16.4. The predicted octanol–water partition coefficient (Wildman–Crippen LogP) is 5.98. The van der Waals surface area contributed by atoms with Gasteiger partial charge in [0.05, 0.1) is 25.5 Å². The Balaban J connectivity index is 1.45. The van der Waals surface area contributed by atoms with Gasteiger partial charge in [-0.25, -0.2) is 9.78 Å². The minimum absolute atomic E-state index is 0.413. The second-order valence-corrected chi connectivity index (χ2v) is 7.92. The molecule has 3 N–H and O–H groups in total. The Morgan fingerprint density at radius 3 is 2.94 bits per heavy atom. The smallest absolute Gasteiger partial charge is 0.323 e. The third-order valence-electron chi connectivity index (χ3n) is 5.09. The number of benzene rings is 2. The average Bonchev–Trinajstić information content (AvgIpc) is 3.47. The number of nitrogens with one attached hydrogen (secondary N) is 3. The molecule has 7 nitrogen and oxygen atoms in total. The van der Waals surface area contributed by atoms with Crippen LogP contribution in [0.4, 0.5) is 16.2 Å². The highest BCUT2D eigenvalue weighted by Crippen LogP contribution is 2.29. The van der Waals surface area contributed by atoms with Crippen LogP contribution in [0.15, 0.2) is 77.7 Å². The first kappa shape index (κ1) is 17.9. The van der Waals surface area contributed by atoms with E-state index in [1.165, 1.54) is 0 Å². The molecule has 0 aliphatic rings. The molecule has 160 valence electrons. The van der Waals surface area contributed by atoms with E-state index in [2.05, 4.69) is 36.5 Å². The molecule has 0 saturated carbocycles. The largest absolute Gasteiger partial charge is 0.496 e. The van der Waals surface area contributed by atoms with Crippen molar-refractivity contribution in [3.8, 4) is 5.75 Å². The van der Waals surface area contributed by atoms with Crippen LogP contribution in [0.1, 0.15) is 8.30 Å². The van der Waals surface area contributed by atoms with Gasteiger partial charge in [-0.05, 0) is 70.0 Å². The van der Waals surface area contributed by atoms with Gasteiger partial charge in [0.2, 0.25) is 0 Å². The Morgan fingerprint density at radius 2 is 2.09 bits per heavy atom. The van der Waals surface area contributed by atoms with Crippen LogP contribution >= 0.6 is 15.9 Å². The van der Waals surface area contributed by atoms with Crippen LogP contribution in [0.25, 0.3) is 21.9 Å². The number of carbonyl (C=O) groups is 1. The normalized spacial score (nSPS) is 12.4. The van der Waals surface area contributed by atoms with Gasteiger partial charge in [0.25, 0.3) is 0 Å². The fourth-order valence-corrected chi connectivity index (χ4v) is 4.13. The molecule has 8 heteroatoms. The third kappa shape index (κ3) is 3.80. The Morgan fingerprint density at radius 1 is 1.19 bits per heavy atom. The summed E-state index contributed by atoms with van der Waals surface area (Å²) < 4.78 is 25.3. The summed E-state index contributed by atoms with van der Waals surface area (Å²) in [5.41, 5.74) is 2.94. The zero-order valence-electron chi connectivity index (χ0n) is 19.0. The van der Waals surface area contributed by atoms with E-state index in [4.69, 9.17) is 7.48 Å². The van der Waals surface area contributed by atoms with Crippen molar-refractivity contribution >= 4 is 55.3 Å². The predicted molar refractivity (Wildman–Crippen MR) is 130 cm³/mol. The first-order valence-electron chi connectivity index (χ1n) is 10.8. The SMILES string of the molecule is [2H]C([2H])(c1ccnc2[nH]ccc12)n1ccc2c(NC(=O)Nc3ccc(OC)c(Br)c3)cccc21. The molecule has 0 radical (unpaired) electrons. The van der Waals surface area contributed by atoms with Crippen molar-refractivity contribution in [2.45, 2.75) is 6.50 Å². The summed E-state index contributed by atoms with van der Waals surface area (Å²) in [7, 11) is 1.57. The van der Waals surface area contributed by atoms with E-state index in [0.29, 0.717) is 39.2 Å². The fourth-order valence-electron chi connectivity index (χ4n) is 3.59. The number of aromatic amines is 1. The van der Waals surface area contributed by atoms with Crippen molar-refractivity contribution < 1.29 is 12.3 Å². The van der Waals surface area contributed by atoms with E-state index < -0.39 is 12.5 Å². The number of nitrogens with zero attached hydrogens (tertiary/aromatic N) is 2. The molecule has 0 unspecified atom stereocenters. The Kier molecular flexibility index (Phi) is 4.68. The number of ether oxygens (including phenoxy) is 1. The number of hydrogen-bond donors (Lipinski definition) is 3. The molecule has 2 aromatic carbocycles. The molecule has 0 fully saturated rings. The molecular formula is C24H20BrN5O2. The Labute approximate surface area is 195 Å². The van der Waals surface area contributed by atoms with E-state index in [9.17, 15) is 4.79 Å². The molecule has 32 heavy (non-hydrogen) atoms. The molecule has 0 saturated heterocycles. The number of H-pyrrole nitrogens is 1. The average molecular weight is 492 g/mol.